The SMILES string of the molecule is CCCC1CCC(c2ccc(OC(F)=C(F)F)cc2)(C2CCCCC2)CC1. The minimum absolute atomic E-state index is 0.127. The monoisotopic (exact) mass is 380 g/mol. The fourth-order valence-electron chi connectivity index (χ4n) is 5.47. The van der Waals surface area contributed by atoms with Gasteiger partial charge in [0.1, 0.15) is 5.75 Å². The Hall–Kier alpha value is -1.45. The van der Waals surface area contributed by atoms with Gasteiger partial charge in [0.05, 0.1) is 0 Å². The highest BCUT2D eigenvalue weighted by molar-refractivity contribution is 5.34. The first-order valence-electron chi connectivity index (χ1n) is 10.5. The van der Waals surface area contributed by atoms with Crippen LogP contribution in [0.2, 0.25) is 0 Å². The number of benzene rings is 1. The summed E-state index contributed by atoms with van der Waals surface area (Å²) in [5.74, 6) is 1.66. The Balaban J connectivity index is 1.81. The van der Waals surface area contributed by atoms with E-state index in [4.69, 9.17) is 0 Å². The average Bonchev–Trinajstić information content (AvgIpc) is 2.70. The fraction of sp³-hybridized carbons (Fsp3) is 0.652. The molecule has 1 nitrogen and oxygen atoms in total. The molecule has 0 amide bonds. The lowest BCUT2D eigenvalue weighted by Gasteiger charge is -2.48. The van der Waals surface area contributed by atoms with E-state index in [1.165, 1.54) is 76.2 Å². The van der Waals surface area contributed by atoms with Gasteiger partial charge in [-0.2, -0.15) is 13.2 Å². The van der Waals surface area contributed by atoms with Gasteiger partial charge in [0.2, 0.25) is 0 Å². The lowest BCUT2D eigenvalue weighted by atomic mass is 9.57. The molecule has 0 atom stereocenters. The van der Waals surface area contributed by atoms with Crippen LogP contribution in [0.25, 0.3) is 0 Å². The van der Waals surface area contributed by atoms with Crippen molar-refractivity contribution in [3.8, 4) is 5.75 Å². The Bertz CT molecular complexity index is 620. The van der Waals surface area contributed by atoms with Crippen molar-refractivity contribution in [2.24, 2.45) is 11.8 Å². The number of ether oxygens (including phenoxy) is 1. The lowest BCUT2D eigenvalue weighted by Crippen LogP contribution is -2.40. The van der Waals surface area contributed by atoms with E-state index in [1.807, 2.05) is 12.1 Å². The standard InChI is InChI=1S/C23H31F3O/c1-2-6-17-13-15-23(16-14-17,18-7-4-3-5-8-18)19-9-11-20(12-10-19)27-22(26)21(24)25/h9-12,17-18H,2-8,13-16H2,1H3. The van der Waals surface area contributed by atoms with Crippen LogP contribution >= 0.6 is 0 Å². The molecule has 27 heavy (non-hydrogen) atoms. The van der Waals surface area contributed by atoms with Crippen LogP contribution in [0.4, 0.5) is 13.2 Å². The number of halogens is 3. The van der Waals surface area contributed by atoms with Crippen LogP contribution in [-0.2, 0) is 5.41 Å². The molecule has 3 rings (SSSR count). The van der Waals surface area contributed by atoms with E-state index in [9.17, 15) is 13.2 Å². The zero-order chi connectivity index (χ0) is 19.3. The van der Waals surface area contributed by atoms with Gasteiger partial charge < -0.3 is 4.74 Å². The third kappa shape index (κ3) is 4.70. The van der Waals surface area contributed by atoms with Crippen molar-refractivity contribution in [1.82, 2.24) is 0 Å². The van der Waals surface area contributed by atoms with Gasteiger partial charge in [0.25, 0.3) is 0 Å². The van der Waals surface area contributed by atoms with Gasteiger partial charge >= 0.3 is 12.1 Å². The van der Waals surface area contributed by atoms with Crippen molar-refractivity contribution in [3.63, 3.8) is 0 Å². The molecule has 0 radical (unpaired) electrons. The Morgan fingerprint density at radius 1 is 0.963 bits per heavy atom. The van der Waals surface area contributed by atoms with Crippen molar-refractivity contribution >= 4 is 0 Å². The van der Waals surface area contributed by atoms with E-state index >= 15 is 0 Å². The third-order valence-electron chi connectivity index (χ3n) is 6.87. The third-order valence-corrected chi connectivity index (χ3v) is 6.87. The summed E-state index contributed by atoms with van der Waals surface area (Å²) in [5, 5.41) is 0. The highest BCUT2D eigenvalue weighted by atomic mass is 19.3. The first-order valence-corrected chi connectivity index (χ1v) is 10.5. The molecule has 1 aromatic rings. The van der Waals surface area contributed by atoms with E-state index in [-0.39, 0.29) is 11.2 Å². The van der Waals surface area contributed by atoms with Crippen LogP contribution in [0.15, 0.2) is 36.4 Å². The second kappa shape index (κ2) is 9.16. The molecule has 1 aromatic carbocycles. The van der Waals surface area contributed by atoms with Gasteiger partial charge in [0, 0.05) is 0 Å². The average molecular weight is 380 g/mol. The molecule has 4 heteroatoms. The molecule has 0 aromatic heterocycles. The summed E-state index contributed by atoms with van der Waals surface area (Å²) in [7, 11) is 0. The van der Waals surface area contributed by atoms with Gasteiger partial charge in [-0.15, -0.1) is 0 Å². The Morgan fingerprint density at radius 3 is 2.15 bits per heavy atom. The number of rotatable bonds is 6. The number of hydrogen-bond donors (Lipinski definition) is 0. The van der Waals surface area contributed by atoms with Crippen LogP contribution in [0.5, 0.6) is 5.75 Å². The molecule has 2 aliphatic rings. The molecule has 0 N–H and O–H groups in total. The molecule has 0 aliphatic heterocycles. The molecule has 2 saturated carbocycles. The van der Waals surface area contributed by atoms with Crippen LogP contribution in [-0.4, -0.2) is 0 Å². The quantitative estimate of drug-likeness (QED) is 0.456. The molecule has 0 heterocycles. The fourth-order valence-corrected chi connectivity index (χ4v) is 5.47. The summed E-state index contributed by atoms with van der Waals surface area (Å²) in [5.41, 5.74) is 1.46. The van der Waals surface area contributed by atoms with Crippen LogP contribution in [0, 0.1) is 11.8 Å². The summed E-state index contributed by atoms with van der Waals surface area (Å²) in [6.07, 6.45) is 11.6. The Kier molecular flexibility index (Phi) is 6.88. The first kappa shape index (κ1) is 20.3. The second-order valence-electron chi connectivity index (χ2n) is 8.38. The first-order chi connectivity index (χ1) is 13.0. The van der Waals surface area contributed by atoms with Crippen LogP contribution in [0.1, 0.15) is 83.1 Å². The smallest absolute Gasteiger partial charge is 0.344 e. The molecule has 2 fully saturated rings. The minimum atomic E-state index is -2.42. The van der Waals surface area contributed by atoms with Crippen molar-refractivity contribution in [2.75, 3.05) is 0 Å². The largest absolute Gasteiger partial charge is 0.428 e. The maximum Gasteiger partial charge on any atom is 0.344 e. The van der Waals surface area contributed by atoms with Crippen LogP contribution < -0.4 is 4.74 Å². The van der Waals surface area contributed by atoms with Gasteiger partial charge in [-0.1, -0.05) is 51.2 Å². The van der Waals surface area contributed by atoms with Gasteiger partial charge in [0.15, 0.2) is 0 Å². The van der Waals surface area contributed by atoms with E-state index in [2.05, 4.69) is 11.7 Å². The molecule has 0 saturated heterocycles. The van der Waals surface area contributed by atoms with E-state index in [0.29, 0.717) is 5.92 Å². The zero-order valence-electron chi connectivity index (χ0n) is 16.3. The van der Waals surface area contributed by atoms with E-state index in [0.717, 1.165) is 5.92 Å². The van der Waals surface area contributed by atoms with E-state index < -0.39 is 12.1 Å². The predicted octanol–water partition coefficient (Wildman–Crippen LogP) is 7.91. The predicted molar refractivity (Wildman–Crippen MR) is 103 cm³/mol. The molecule has 0 spiro atoms. The summed E-state index contributed by atoms with van der Waals surface area (Å²) in [6.45, 7) is 2.26. The summed E-state index contributed by atoms with van der Waals surface area (Å²) in [6, 6.07) is 5.42. The maximum absolute atomic E-state index is 13.1. The topological polar surface area (TPSA) is 9.23 Å². The lowest BCUT2D eigenvalue weighted by molar-refractivity contribution is 0.120. The second-order valence-corrected chi connectivity index (χ2v) is 8.38. The maximum atomic E-state index is 13.1. The Morgan fingerprint density at radius 2 is 1.59 bits per heavy atom. The molecular formula is C23H31F3O. The van der Waals surface area contributed by atoms with Crippen molar-refractivity contribution < 1.29 is 17.9 Å². The van der Waals surface area contributed by atoms with Crippen molar-refractivity contribution in [1.29, 1.82) is 0 Å². The summed E-state index contributed by atoms with van der Waals surface area (Å²) in [4.78, 5) is 0. The molecule has 150 valence electrons. The highest BCUT2D eigenvalue weighted by Crippen LogP contribution is 2.52. The highest BCUT2D eigenvalue weighted by Gasteiger charge is 2.43. The van der Waals surface area contributed by atoms with Gasteiger partial charge in [-0.3, -0.25) is 0 Å². The molecule has 2 aliphatic carbocycles. The zero-order valence-corrected chi connectivity index (χ0v) is 16.3. The Labute approximate surface area is 161 Å². The van der Waals surface area contributed by atoms with Crippen molar-refractivity contribution in [2.45, 2.75) is 83.0 Å². The van der Waals surface area contributed by atoms with E-state index in [1.54, 1.807) is 12.1 Å². The molecule has 0 bridgehead atoms. The normalized spacial score (nSPS) is 26.6. The molecule has 0 unspecified atom stereocenters. The van der Waals surface area contributed by atoms with Gasteiger partial charge in [-0.05, 0) is 73.5 Å². The van der Waals surface area contributed by atoms with Crippen molar-refractivity contribution in [3.05, 3.63) is 41.9 Å². The molecular weight excluding hydrogens is 349 g/mol. The van der Waals surface area contributed by atoms with Gasteiger partial charge in [-0.25, -0.2) is 0 Å². The number of hydrogen-bond acceptors (Lipinski definition) is 1. The summed E-state index contributed by atoms with van der Waals surface area (Å²) < 4.78 is 42.2. The minimum Gasteiger partial charge on any atom is -0.428 e. The summed E-state index contributed by atoms with van der Waals surface area (Å²) >= 11 is 0. The van der Waals surface area contributed by atoms with Crippen LogP contribution in [0.3, 0.4) is 0 Å².